The third kappa shape index (κ3) is 3.66. The highest BCUT2D eigenvalue weighted by Crippen LogP contribution is 2.18. The van der Waals surface area contributed by atoms with E-state index >= 15 is 0 Å². The van der Waals surface area contributed by atoms with Crippen molar-refractivity contribution in [3.05, 3.63) is 68.9 Å². The fraction of sp³-hybridized carbons (Fsp3) is 0.188. The molecule has 0 bridgehead atoms. The van der Waals surface area contributed by atoms with Crippen LogP contribution >= 0.6 is 15.9 Å². The molecule has 2 aromatic carbocycles. The number of hydrogen-bond acceptors (Lipinski definition) is 2. The number of nitriles is 1. The monoisotopic (exact) mass is 332 g/mol. The normalized spacial score (nSPS) is 10.3. The lowest BCUT2D eigenvalue weighted by atomic mass is 10.1. The molecule has 0 fully saturated rings. The van der Waals surface area contributed by atoms with Gasteiger partial charge < -0.3 is 5.32 Å². The SMILES string of the molecule is Cc1cc(C#N)ccc1CNCc1cc(F)ccc1Br. The molecule has 0 aromatic heterocycles. The topological polar surface area (TPSA) is 35.8 Å². The molecule has 2 nitrogen and oxygen atoms in total. The summed E-state index contributed by atoms with van der Waals surface area (Å²) in [6, 6.07) is 12.4. The summed E-state index contributed by atoms with van der Waals surface area (Å²) in [5.74, 6) is -0.237. The van der Waals surface area contributed by atoms with Crippen molar-refractivity contribution in [2.75, 3.05) is 0 Å². The summed E-state index contributed by atoms with van der Waals surface area (Å²) in [6.45, 7) is 3.24. The van der Waals surface area contributed by atoms with Crippen molar-refractivity contribution >= 4 is 15.9 Å². The maximum atomic E-state index is 13.2. The van der Waals surface area contributed by atoms with E-state index in [2.05, 4.69) is 27.3 Å². The molecule has 0 amide bonds. The second kappa shape index (κ2) is 6.65. The van der Waals surface area contributed by atoms with Gasteiger partial charge in [0.15, 0.2) is 0 Å². The van der Waals surface area contributed by atoms with Crippen molar-refractivity contribution in [3.63, 3.8) is 0 Å². The minimum absolute atomic E-state index is 0.237. The molecule has 0 heterocycles. The van der Waals surface area contributed by atoms with Crippen molar-refractivity contribution in [3.8, 4) is 6.07 Å². The largest absolute Gasteiger partial charge is 0.309 e. The molecule has 0 aliphatic rings. The Morgan fingerprint density at radius 3 is 2.60 bits per heavy atom. The molecule has 0 atom stereocenters. The lowest BCUT2D eigenvalue weighted by Crippen LogP contribution is -2.14. The lowest BCUT2D eigenvalue weighted by molar-refractivity contribution is 0.619. The standard InChI is InChI=1S/C16H14BrFN2/c1-11-6-12(8-19)2-3-13(11)9-20-10-14-7-15(18)4-5-16(14)17/h2-7,20H,9-10H2,1H3. The van der Waals surface area contributed by atoms with E-state index < -0.39 is 0 Å². The molecule has 4 heteroatoms. The second-order valence-corrected chi connectivity index (χ2v) is 5.45. The van der Waals surface area contributed by atoms with Gasteiger partial charge in [-0.2, -0.15) is 5.26 Å². The number of rotatable bonds is 4. The Hall–Kier alpha value is -1.70. The highest BCUT2D eigenvalue weighted by molar-refractivity contribution is 9.10. The molecule has 102 valence electrons. The van der Waals surface area contributed by atoms with Gasteiger partial charge in [-0.15, -0.1) is 0 Å². The summed E-state index contributed by atoms with van der Waals surface area (Å²) in [7, 11) is 0. The van der Waals surface area contributed by atoms with E-state index in [1.54, 1.807) is 6.07 Å². The van der Waals surface area contributed by atoms with Crippen LogP contribution in [0.1, 0.15) is 22.3 Å². The molecule has 0 saturated carbocycles. The second-order valence-electron chi connectivity index (χ2n) is 4.59. The minimum atomic E-state index is -0.237. The molecule has 0 radical (unpaired) electrons. The van der Waals surface area contributed by atoms with Crippen molar-refractivity contribution in [2.24, 2.45) is 0 Å². The number of halogens is 2. The van der Waals surface area contributed by atoms with Gasteiger partial charge in [-0.25, -0.2) is 4.39 Å². The van der Waals surface area contributed by atoms with E-state index in [0.717, 1.165) is 21.2 Å². The van der Waals surface area contributed by atoms with Crippen molar-refractivity contribution in [1.29, 1.82) is 5.26 Å². The van der Waals surface area contributed by atoms with Crippen molar-refractivity contribution < 1.29 is 4.39 Å². The fourth-order valence-electron chi connectivity index (χ4n) is 1.97. The molecular weight excluding hydrogens is 319 g/mol. The van der Waals surface area contributed by atoms with E-state index in [9.17, 15) is 4.39 Å². The van der Waals surface area contributed by atoms with Gasteiger partial charge in [0.25, 0.3) is 0 Å². The highest BCUT2D eigenvalue weighted by Gasteiger charge is 2.03. The summed E-state index contributed by atoms with van der Waals surface area (Å²) in [4.78, 5) is 0. The summed E-state index contributed by atoms with van der Waals surface area (Å²) in [5.41, 5.74) is 3.77. The average Bonchev–Trinajstić information content (AvgIpc) is 2.44. The Morgan fingerprint density at radius 2 is 1.90 bits per heavy atom. The number of hydrogen-bond donors (Lipinski definition) is 1. The van der Waals surface area contributed by atoms with Crippen LogP contribution in [-0.4, -0.2) is 0 Å². The maximum absolute atomic E-state index is 13.2. The van der Waals surface area contributed by atoms with Crippen LogP contribution in [0.3, 0.4) is 0 Å². The lowest BCUT2D eigenvalue weighted by Gasteiger charge is -2.09. The van der Waals surface area contributed by atoms with Crippen molar-refractivity contribution in [2.45, 2.75) is 20.0 Å². The minimum Gasteiger partial charge on any atom is -0.309 e. The van der Waals surface area contributed by atoms with Gasteiger partial charge in [0.1, 0.15) is 5.82 Å². The Kier molecular flexibility index (Phi) is 4.89. The summed E-state index contributed by atoms with van der Waals surface area (Å²) < 4.78 is 14.1. The van der Waals surface area contributed by atoms with Gasteiger partial charge in [0.05, 0.1) is 11.6 Å². The zero-order valence-corrected chi connectivity index (χ0v) is 12.7. The molecule has 0 aliphatic carbocycles. The Bertz CT molecular complexity index is 662. The summed E-state index contributed by atoms with van der Waals surface area (Å²) in [5, 5.41) is 12.1. The van der Waals surface area contributed by atoms with Gasteiger partial charge in [-0.3, -0.25) is 0 Å². The molecule has 0 unspecified atom stereocenters. The first kappa shape index (κ1) is 14.7. The van der Waals surface area contributed by atoms with Gasteiger partial charge in [0.2, 0.25) is 0 Å². The third-order valence-electron chi connectivity index (χ3n) is 3.11. The predicted molar refractivity (Wildman–Crippen MR) is 80.5 cm³/mol. The summed E-state index contributed by atoms with van der Waals surface area (Å²) >= 11 is 3.41. The van der Waals surface area contributed by atoms with Crippen LogP contribution in [-0.2, 0) is 13.1 Å². The first-order valence-corrected chi connectivity index (χ1v) is 7.03. The zero-order chi connectivity index (χ0) is 14.5. The molecule has 1 N–H and O–H groups in total. The molecule has 0 aliphatic heterocycles. The fourth-order valence-corrected chi connectivity index (χ4v) is 2.36. The van der Waals surface area contributed by atoms with Crippen LogP contribution in [0.15, 0.2) is 40.9 Å². The number of aryl methyl sites for hydroxylation is 1. The molecule has 2 aromatic rings. The van der Waals surface area contributed by atoms with Crippen molar-refractivity contribution in [1.82, 2.24) is 5.32 Å². The van der Waals surface area contributed by atoms with E-state index in [1.807, 2.05) is 25.1 Å². The van der Waals surface area contributed by atoms with Crippen LogP contribution < -0.4 is 5.32 Å². The molecule has 20 heavy (non-hydrogen) atoms. The maximum Gasteiger partial charge on any atom is 0.123 e. The van der Waals surface area contributed by atoms with Crippen LogP contribution in [0.4, 0.5) is 4.39 Å². The Labute approximate surface area is 126 Å². The number of nitrogens with one attached hydrogen (secondary N) is 1. The summed E-state index contributed by atoms with van der Waals surface area (Å²) in [6.07, 6.45) is 0. The molecule has 0 spiro atoms. The molecular formula is C16H14BrFN2. The van der Waals surface area contributed by atoms with Crippen LogP contribution in [0.25, 0.3) is 0 Å². The Morgan fingerprint density at radius 1 is 1.15 bits per heavy atom. The average molecular weight is 333 g/mol. The zero-order valence-electron chi connectivity index (χ0n) is 11.1. The van der Waals surface area contributed by atoms with Gasteiger partial charge in [0, 0.05) is 17.6 Å². The quantitative estimate of drug-likeness (QED) is 0.916. The van der Waals surface area contributed by atoms with E-state index in [0.29, 0.717) is 18.7 Å². The smallest absolute Gasteiger partial charge is 0.123 e. The van der Waals surface area contributed by atoms with E-state index in [4.69, 9.17) is 5.26 Å². The highest BCUT2D eigenvalue weighted by atomic mass is 79.9. The van der Waals surface area contributed by atoms with E-state index in [-0.39, 0.29) is 5.82 Å². The third-order valence-corrected chi connectivity index (χ3v) is 3.88. The number of benzene rings is 2. The number of nitrogens with zero attached hydrogens (tertiary/aromatic N) is 1. The van der Waals surface area contributed by atoms with Crippen LogP contribution in [0, 0.1) is 24.1 Å². The van der Waals surface area contributed by atoms with Gasteiger partial charge in [-0.1, -0.05) is 22.0 Å². The first-order chi connectivity index (χ1) is 9.60. The molecule has 2 rings (SSSR count). The Balaban J connectivity index is 2.00. The first-order valence-electron chi connectivity index (χ1n) is 6.24. The predicted octanol–water partition coefficient (Wildman–Crippen LogP) is 4.06. The van der Waals surface area contributed by atoms with Crippen LogP contribution in [0.5, 0.6) is 0 Å². The molecule has 0 saturated heterocycles. The van der Waals surface area contributed by atoms with Gasteiger partial charge in [-0.05, 0) is 53.9 Å². The van der Waals surface area contributed by atoms with E-state index in [1.165, 1.54) is 12.1 Å². The van der Waals surface area contributed by atoms with Crippen LogP contribution in [0.2, 0.25) is 0 Å². The van der Waals surface area contributed by atoms with Gasteiger partial charge >= 0.3 is 0 Å².